The molecule has 2 heterocycles. The fraction of sp³-hybridized carbons (Fsp3) is 0.500. The molecule has 3 rings (SSSR count). The summed E-state index contributed by atoms with van der Waals surface area (Å²) < 4.78 is 0. The molecule has 1 N–H and O–H groups in total. The third kappa shape index (κ3) is 3.04. The molecule has 1 aromatic heterocycles. The van der Waals surface area contributed by atoms with Gasteiger partial charge in [0.2, 0.25) is 0 Å². The van der Waals surface area contributed by atoms with E-state index >= 15 is 0 Å². The van der Waals surface area contributed by atoms with E-state index in [0.29, 0.717) is 11.2 Å². The number of hydrogen-bond acceptors (Lipinski definition) is 4. The second-order valence-electron chi connectivity index (χ2n) is 6.42. The number of benzene rings is 1. The third-order valence-electron chi connectivity index (χ3n) is 4.98. The quantitative estimate of drug-likeness (QED) is 0.821. The van der Waals surface area contributed by atoms with Crippen molar-refractivity contribution in [3.05, 3.63) is 35.1 Å². The highest BCUT2D eigenvalue weighted by Crippen LogP contribution is 2.39. The first-order chi connectivity index (χ1) is 11.1. The van der Waals surface area contributed by atoms with E-state index in [0.717, 1.165) is 28.8 Å². The predicted molar refractivity (Wildman–Crippen MR) is 101 cm³/mol. The molecule has 2 aromatic rings. The van der Waals surface area contributed by atoms with Crippen LogP contribution in [0.5, 0.6) is 0 Å². The zero-order valence-corrected chi connectivity index (χ0v) is 15.4. The highest BCUT2D eigenvalue weighted by molar-refractivity contribution is 7.98. The molecule has 3 nitrogen and oxygen atoms in total. The molecule has 1 unspecified atom stereocenters. The number of aliphatic hydroxyl groups is 1. The minimum absolute atomic E-state index is 0.0862. The van der Waals surface area contributed by atoms with Gasteiger partial charge in [-0.3, -0.25) is 0 Å². The Hall–Kier alpha value is -0.970. The summed E-state index contributed by atoms with van der Waals surface area (Å²) in [6.45, 7) is 5.55. The molecule has 0 spiro atoms. The van der Waals surface area contributed by atoms with Crippen molar-refractivity contribution in [1.82, 2.24) is 4.98 Å². The monoisotopic (exact) mass is 350 g/mol. The van der Waals surface area contributed by atoms with Crippen LogP contribution in [0.25, 0.3) is 10.8 Å². The predicted octanol–water partition coefficient (Wildman–Crippen LogP) is 4.17. The van der Waals surface area contributed by atoms with Gasteiger partial charge < -0.3 is 10.0 Å². The van der Waals surface area contributed by atoms with Crippen LogP contribution in [-0.2, 0) is 0 Å². The Bertz CT molecular complexity index is 709. The van der Waals surface area contributed by atoms with E-state index in [1.54, 1.807) is 0 Å². The molecule has 0 amide bonds. The minimum Gasteiger partial charge on any atom is -0.396 e. The van der Waals surface area contributed by atoms with E-state index in [-0.39, 0.29) is 12.5 Å². The smallest absolute Gasteiger partial charge is 0.129 e. The van der Waals surface area contributed by atoms with Gasteiger partial charge in [0.15, 0.2) is 0 Å². The van der Waals surface area contributed by atoms with Gasteiger partial charge in [-0.1, -0.05) is 24.6 Å². The number of pyridine rings is 1. The molecule has 23 heavy (non-hydrogen) atoms. The maximum Gasteiger partial charge on any atom is 0.129 e. The highest BCUT2D eigenvalue weighted by Gasteiger charge is 2.35. The van der Waals surface area contributed by atoms with E-state index in [1.807, 2.05) is 30.9 Å². The van der Waals surface area contributed by atoms with Crippen LogP contribution in [0, 0.1) is 5.92 Å². The number of halogens is 1. The number of nitrogens with zero attached hydrogens (tertiary/aromatic N) is 2. The Labute approximate surface area is 147 Å². The maximum atomic E-state index is 9.53. The molecule has 1 aromatic carbocycles. The number of hydrogen-bond donors (Lipinski definition) is 1. The molecule has 3 atom stereocenters. The summed E-state index contributed by atoms with van der Waals surface area (Å²) in [6.07, 6.45) is 4.04. The van der Waals surface area contributed by atoms with Crippen LogP contribution < -0.4 is 4.90 Å². The third-order valence-corrected chi connectivity index (χ3v) is 5.95. The van der Waals surface area contributed by atoms with Gasteiger partial charge in [-0.15, -0.1) is 0 Å². The molecular weight excluding hydrogens is 328 g/mol. The number of aliphatic hydroxyl groups excluding tert-OH is 1. The summed E-state index contributed by atoms with van der Waals surface area (Å²) in [7, 11) is 0. The van der Waals surface area contributed by atoms with E-state index in [4.69, 9.17) is 11.6 Å². The number of thioether (sulfide) groups is 1. The number of fused-ring (bicyclic) bond motifs is 1. The summed E-state index contributed by atoms with van der Waals surface area (Å²) in [4.78, 5) is 6.74. The van der Waals surface area contributed by atoms with E-state index in [1.165, 1.54) is 11.4 Å². The first-order valence-electron chi connectivity index (χ1n) is 8.01. The van der Waals surface area contributed by atoms with E-state index < -0.39 is 0 Å². The van der Waals surface area contributed by atoms with Gasteiger partial charge in [0.25, 0.3) is 0 Å². The molecule has 1 aliphatic rings. The standard InChI is InChI=1S/C18H23ClN2OS/c1-11(9-22)14-4-5-17(16-7-20-18(19)6-15(14)16)21-8-13(10-23-3)12(21)2/h4-7,11-13,22H,8-10H2,1-3H3/t11?,12-,13-/m1/s1. The molecule has 0 aliphatic carbocycles. The van der Waals surface area contributed by atoms with Crippen LogP contribution in [0.2, 0.25) is 5.15 Å². The van der Waals surface area contributed by atoms with Gasteiger partial charge in [-0.2, -0.15) is 11.8 Å². The molecule has 1 saturated heterocycles. The lowest BCUT2D eigenvalue weighted by Crippen LogP contribution is -2.55. The average molecular weight is 351 g/mol. The Morgan fingerprint density at radius 2 is 2.22 bits per heavy atom. The molecule has 0 bridgehead atoms. The fourth-order valence-electron chi connectivity index (χ4n) is 3.41. The van der Waals surface area contributed by atoms with E-state index in [9.17, 15) is 5.11 Å². The summed E-state index contributed by atoms with van der Waals surface area (Å²) in [5, 5.41) is 12.3. The van der Waals surface area contributed by atoms with Gasteiger partial charge >= 0.3 is 0 Å². The summed E-state index contributed by atoms with van der Waals surface area (Å²) in [5.74, 6) is 2.04. The summed E-state index contributed by atoms with van der Waals surface area (Å²) in [5.41, 5.74) is 2.35. The Kier molecular flexibility index (Phi) is 5.04. The first-order valence-corrected chi connectivity index (χ1v) is 9.78. The molecule has 0 radical (unpaired) electrons. The number of rotatable bonds is 5. The van der Waals surface area contributed by atoms with Crippen LogP contribution in [-0.4, -0.2) is 41.3 Å². The average Bonchev–Trinajstić information content (AvgIpc) is 2.56. The van der Waals surface area contributed by atoms with Crippen LogP contribution >= 0.6 is 23.4 Å². The minimum atomic E-state index is 0.0862. The molecule has 0 saturated carbocycles. The van der Waals surface area contributed by atoms with Gasteiger partial charge in [0.1, 0.15) is 5.15 Å². The lowest BCUT2D eigenvalue weighted by Gasteiger charge is -2.48. The Morgan fingerprint density at radius 1 is 1.43 bits per heavy atom. The summed E-state index contributed by atoms with van der Waals surface area (Å²) >= 11 is 8.04. The zero-order chi connectivity index (χ0) is 16.6. The Balaban J connectivity index is 2.03. The van der Waals surface area contributed by atoms with Crippen molar-refractivity contribution in [3.8, 4) is 0 Å². The molecule has 1 fully saturated rings. The Morgan fingerprint density at radius 3 is 2.87 bits per heavy atom. The van der Waals surface area contributed by atoms with Crippen molar-refractivity contribution in [1.29, 1.82) is 0 Å². The second-order valence-corrected chi connectivity index (χ2v) is 7.72. The van der Waals surface area contributed by atoms with Crippen molar-refractivity contribution in [2.75, 3.05) is 30.1 Å². The van der Waals surface area contributed by atoms with Crippen LogP contribution in [0.1, 0.15) is 25.3 Å². The normalized spacial score (nSPS) is 22.2. The van der Waals surface area contributed by atoms with Gasteiger partial charge in [0.05, 0.1) is 0 Å². The largest absolute Gasteiger partial charge is 0.396 e. The molecule has 124 valence electrons. The van der Waals surface area contributed by atoms with Crippen molar-refractivity contribution in [2.24, 2.45) is 5.92 Å². The van der Waals surface area contributed by atoms with Gasteiger partial charge in [-0.05, 0) is 42.0 Å². The first kappa shape index (κ1) is 16.9. The summed E-state index contributed by atoms with van der Waals surface area (Å²) in [6, 6.07) is 6.77. The van der Waals surface area contributed by atoms with Crippen molar-refractivity contribution < 1.29 is 5.11 Å². The van der Waals surface area contributed by atoms with E-state index in [2.05, 4.69) is 35.2 Å². The topological polar surface area (TPSA) is 36.4 Å². The van der Waals surface area contributed by atoms with Crippen molar-refractivity contribution in [2.45, 2.75) is 25.8 Å². The fourth-order valence-corrected chi connectivity index (χ4v) is 4.38. The molecule has 1 aliphatic heterocycles. The second kappa shape index (κ2) is 6.88. The van der Waals surface area contributed by atoms with Crippen LogP contribution in [0.4, 0.5) is 5.69 Å². The SMILES string of the molecule is CSC[C@H]1CN(c2ccc(C(C)CO)c3cc(Cl)ncc23)[C@@H]1C. The highest BCUT2D eigenvalue weighted by atomic mass is 35.5. The lowest BCUT2D eigenvalue weighted by atomic mass is 9.88. The van der Waals surface area contributed by atoms with Crippen LogP contribution in [0.15, 0.2) is 24.4 Å². The molecular formula is C18H23ClN2OS. The van der Waals surface area contributed by atoms with Crippen molar-refractivity contribution in [3.63, 3.8) is 0 Å². The van der Waals surface area contributed by atoms with Crippen LogP contribution in [0.3, 0.4) is 0 Å². The van der Waals surface area contributed by atoms with Crippen molar-refractivity contribution >= 4 is 39.8 Å². The lowest BCUT2D eigenvalue weighted by molar-refractivity contribution is 0.273. The van der Waals surface area contributed by atoms with Gasteiger partial charge in [-0.25, -0.2) is 4.98 Å². The molecule has 5 heteroatoms. The maximum absolute atomic E-state index is 9.53. The zero-order valence-electron chi connectivity index (χ0n) is 13.8. The van der Waals surface area contributed by atoms with Gasteiger partial charge in [0, 0.05) is 48.3 Å². The number of aromatic nitrogens is 1. The number of anilines is 1.